The van der Waals surface area contributed by atoms with Gasteiger partial charge in [0.1, 0.15) is 0 Å². The Bertz CT molecular complexity index is 832. The van der Waals surface area contributed by atoms with Crippen molar-refractivity contribution in [2.24, 2.45) is 0 Å². The first-order chi connectivity index (χ1) is 14.3. The van der Waals surface area contributed by atoms with Gasteiger partial charge in [-0.3, -0.25) is 14.9 Å². The zero-order chi connectivity index (χ0) is 22.0. The second kappa shape index (κ2) is 11.3. The average Bonchev–Trinajstić information content (AvgIpc) is 2.70. The molecule has 0 spiro atoms. The molecular formula is C23H32N3O4+. The number of likely N-dealkylation sites (N-methyl/N-ethyl adjacent to an activating group) is 1. The van der Waals surface area contributed by atoms with E-state index >= 15 is 0 Å². The van der Waals surface area contributed by atoms with E-state index in [9.17, 15) is 14.9 Å². The number of amides is 1. The molecule has 0 unspecified atom stereocenters. The Balaban J connectivity index is 1.82. The van der Waals surface area contributed by atoms with Crippen LogP contribution in [0.5, 0.6) is 5.75 Å². The molecule has 0 saturated carbocycles. The summed E-state index contributed by atoms with van der Waals surface area (Å²) >= 11 is 0. The number of quaternary nitrogens is 1. The van der Waals surface area contributed by atoms with E-state index in [4.69, 9.17) is 4.74 Å². The Kier molecular flexibility index (Phi) is 8.80. The monoisotopic (exact) mass is 414 g/mol. The first-order valence-electron chi connectivity index (χ1n) is 10.3. The van der Waals surface area contributed by atoms with Gasteiger partial charge in [0.2, 0.25) is 0 Å². The van der Waals surface area contributed by atoms with E-state index in [-0.39, 0.29) is 22.9 Å². The molecule has 2 aromatic carbocycles. The van der Waals surface area contributed by atoms with Gasteiger partial charge in [-0.2, -0.15) is 0 Å². The number of ether oxygens (including phenoxy) is 1. The van der Waals surface area contributed by atoms with E-state index in [1.54, 1.807) is 6.07 Å². The highest BCUT2D eigenvalue weighted by Crippen LogP contribution is 2.28. The Morgan fingerprint density at radius 1 is 1.07 bits per heavy atom. The van der Waals surface area contributed by atoms with Gasteiger partial charge in [-0.15, -0.1) is 0 Å². The molecule has 2 aromatic rings. The molecule has 0 aliphatic heterocycles. The first kappa shape index (κ1) is 23.3. The third-order valence-electron chi connectivity index (χ3n) is 4.70. The van der Waals surface area contributed by atoms with Crippen molar-refractivity contribution in [1.82, 2.24) is 5.32 Å². The van der Waals surface area contributed by atoms with Crippen molar-refractivity contribution in [3.8, 4) is 5.75 Å². The van der Waals surface area contributed by atoms with Crippen LogP contribution in [0.2, 0.25) is 0 Å². The van der Waals surface area contributed by atoms with Crippen LogP contribution in [-0.4, -0.2) is 56.2 Å². The van der Waals surface area contributed by atoms with Crippen LogP contribution in [0.15, 0.2) is 48.5 Å². The molecule has 0 fully saturated rings. The molecule has 0 saturated heterocycles. The standard InChI is InChI=1S/C23H31N3O4/c1-26(2,3)16-15-24-23(27)20-13-14-22(21(18-20)25(28)29)30-17-9-5-8-12-19-10-6-4-7-11-19/h4,6-7,10-11,13-14,18H,5,8-9,12,15-17H2,1-3H3/p+1. The number of unbranched alkanes of at least 4 members (excludes halogenated alkanes) is 2. The van der Waals surface area contributed by atoms with E-state index in [1.807, 2.05) is 39.3 Å². The van der Waals surface area contributed by atoms with Gasteiger partial charge in [0, 0.05) is 11.6 Å². The number of nitrogens with zero attached hydrogens (tertiary/aromatic N) is 2. The molecule has 0 aromatic heterocycles. The summed E-state index contributed by atoms with van der Waals surface area (Å²) in [5.74, 6) is -0.120. The van der Waals surface area contributed by atoms with Crippen LogP contribution >= 0.6 is 0 Å². The van der Waals surface area contributed by atoms with Crippen LogP contribution in [0.4, 0.5) is 5.69 Å². The summed E-state index contributed by atoms with van der Waals surface area (Å²) in [5.41, 5.74) is 1.39. The lowest BCUT2D eigenvalue weighted by Gasteiger charge is -2.23. The Morgan fingerprint density at radius 3 is 2.47 bits per heavy atom. The van der Waals surface area contributed by atoms with Crippen LogP contribution in [0.3, 0.4) is 0 Å². The number of aryl methyl sites for hydroxylation is 1. The van der Waals surface area contributed by atoms with Crippen LogP contribution in [-0.2, 0) is 6.42 Å². The van der Waals surface area contributed by atoms with Crippen molar-refractivity contribution in [2.75, 3.05) is 40.8 Å². The van der Waals surface area contributed by atoms with Crippen molar-refractivity contribution in [3.05, 3.63) is 69.8 Å². The van der Waals surface area contributed by atoms with E-state index in [2.05, 4.69) is 17.4 Å². The minimum atomic E-state index is -0.506. The maximum atomic E-state index is 12.3. The van der Waals surface area contributed by atoms with E-state index < -0.39 is 4.92 Å². The van der Waals surface area contributed by atoms with Gasteiger partial charge in [0.05, 0.1) is 45.8 Å². The average molecular weight is 415 g/mol. The molecule has 0 aliphatic rings. The second-order valence-corrected chi connectivity index (χ2v) is 8.35. The number of nitro groups is 1. The zero-order valence-corrected chi connectivity index (χ0v) is 18.1. The summed E-state index contributed by atoms with van der Waals surface area (Å²) in [6.07, 6.45) is 3.85. The van der Waals surface area contributed by atoms with Gasteiger partial charge >= 0.3 is 5.69 Å². The molecule has 0 aliphatic carbocycles. The van der Waals surface area contributed by atoms with Gasteiger partial charge in [0.25, 0.3) is 5.91 Å². The Morgan fingerprint density at radius 2 is 1.80 bits per heavy atom. The highest BCUT2D eigenvalue weighted by molar-refractivity contribution is 5.95. The zero-order valence-electron chi connectivity index (χ0n) is 18.1. The molecule has 0 bridgehead atoms. The minimum absolute atomic E-state index is 0.182. The number of benzene rings is 2. The molecule has 0 radical (unpaired) electrons. The molecule has 7 nitrogen and oxygen atoms in total. The molecule has 7 heteroatoms. The summed E-state index contributed by atoms with van der Waals surface area (Å²) in [4.78, 5) is 23.2. The largest absolute Gasteiger partial charge is 0.487 e. The van der Waals surface area contributed by atoms with Crippen LogP contribution in [0.25, 0.3) is 0 Å². The summed E-state index contributed by atoms with van der Waals surface area (Å²) in [5, 5.41) is 14.2. The molecule has 2 rings (SSSR count). The fourth-order valence-corrected chi connectivity index (χ4v) is 2.97. The fraction of sp³-hybridized carbons (Fsp3) is 0.435. The summed E-state index contributed by atoms with van der Waals surface area (Å²) in [7, 11) is 6.10. The van der Waals surface area contributed by atoms with E-state index in [0.29, 0.717) is 13.2 Å². The number of hydrogen-bond acceptors (Lipinski definition) is 4. The highest BCUT2D eigenvalue weighted by Gasteiger charge is 2.19. The SMILES string of the molecule is C[N+](C)(C)CCNC(=O)c1ccc(OCCCCCc2ccccc2)c([N+](=O)[O-])c1. The van der Waals surface area contributed by atoms with Crippen LogP contribution < -0.4 is 10.1 Å². The minimum Gasteiger partial charge on any atom is -0.487 e. The Labute approximate surface area is 178 Å². The topological polar surface area (TPSA) is 81.5 Å². The lowest BCUT2D eigenvalue weighted by atomic mass is 10.1. The van der Waals surface area contributed by atoms with Gasteiger partial charge in [-0.1, -0.05) is 30.3 Å². The number of nitro benzene ring substituents is 1. The molecule has 0 heterocycles. The first-order valence-corrected chi connectivity index (χ1v) is 10.3. The summed E-state index contributed by atoms with van der Waals surface area (Å²) < 4.78 is 6.36. The predicted octanol–water partition coefficient (Wildman–Crippen LogP) is 3.82. The van der Waals surface area contributed by atoms with Crippen molar-refractivity contribution in [3.63, 3.8) is 0 Å². The molecule has 30 heavy (non-hydrogen) atoms. The lowest BCUT2D eigenvalue weighted by molar-refractivity contribution is -0.869. The lowest BCUT2D eigenvalue weighted by Crippen LogP contribution is -2.41. The fourth-order valence-electron chi connectivity index (χ4n) is 2.97. The second-order valence-electron chi connectivity index (χ2n) is 8.35. The quantitative estimate of drug-likeness (QED) is 0.248. The van der Waals surface area contributed by atoms with Crippen molar-refractivity contribution in [2.45, 2.75) is 25.7 Å². The molecular weight excluding hydrogens is 382 g/mol. The van der Waals surface area contributed by atoms with Crippen molar-refractivity contribution in [1.29, 1.82) is 0 Å². The molecule has 162 valence electrons. The third kappa shape index (κ3) is 8.21. The van der Waals surface area contributed by atoms with Crippen molar-refractivity contribution >= 4 is 11.6 Å². The number of hydrogen-bond donors (Lipinski definition) is 1. The maximum Gasteiger partial charge on any atom is 0.311 e. The van der Waals surface area contributed by atoms with Gasteiger partial charge in [0.15, 0.2) is 5.75 Å². The van der Waals surface area contributed by atoms with E-state index in [0.717, 1.165) is 36.7 Å². The van der Waals surface area contributed by atoms with Crippen LogP contribution in [0, 0.1) is 10.1 Å². The Hall–Kier alpha value is -2.93. The summed E-state index contributed by atoms with van der Waals surface area (Å²) in [6.45, 7) is 1.67. The van der Waals surface area contributed by atoms with E-state index in [1.165, 1.54) is 17.7 Å². The smallest absolute Gasteiger partial charge is 0.311 e. The third-order valence-corrected chi connectivity index (χ3v) is 4.70. The maximum absolute atomic E-state index is 12.3. The molecule has 1 N–H and O–H groups in total. The highest BCUT2D eigenvalue weighted by atomic mass is 16.6. The molecule has 0 atom stereocenters. The number of carbonyl (C=O) groups is 1. The number of nitrogens with one attached hydrogen (secondary N) is 1. The van der Waals surface area contributed by atoms with Crippen LogP contribution in [0.1, 0.15) is 35.2 Å². The molecule has 1 amide bonds. The van der Waals surface area contributed by atoms with Gasteiger partial charge in [-0.05, 0) is 43.4 Å². The van der Waals surface area contributed by atoms with Gasteiger partial charge < -0.3 is 14.5 Å². The predicted molar refractivity (Wildman–Crippen MR) is 118 cm³/mol. The number of carbonyl (C=O) groups excluding carboxylic acids is 1. The normalized spacial score (nSPS) is 11.2. The van der Waals surface area contributed by atoms with Gasteiger partial charge in [-0.25, -0.2) is 0 Å². The van der Waals surface area contributed by atoms with Crippen molar-refractivity contribution < 1.29 is 18.9 Å². The summed E-state index contributed by atoms with van der Waals surface area (Å²) in [6, 6.07) is 14.7. The number of rotatable bonds is 12.